The van der Waals surface area contributed by atoms with Crippen LogP contribution < -0.4 is 5.43 Å². The molecule has 2 aromatic carbocycles. The fourth-order valence-electron chi connectivity index (χ4n) is 4.32. The molecule has 0 unspecified atom stereocenters. The highest BCUT2D eigenvalue weighted by atomic mass is 32.2. The number of piperidine rings is 1. The fourth-order valence-corrected chi connectivity index (χ4v) is 7.14. The van der Waals surface area contributed by atoms with Crippen molar-refractivity contribution in [1.82, 2.24) is 13.9 Å². The molecular weight excluding hydrogens is 546 g/mol. The van der Waals surface area contributed by atoms with E-state index in [-0.39, 0.29) is 28.0 Å². The zero-order chi connectivity index (χ0) is 28.2. The van der Waals surface area contributed by atoms with Gasteiger partial charge < -0.3 is 4.57 Å². The predicted octanol–water partition coefficient (Wildman–Crippen LogP) is 4.79. The first-order valence-corrected chi connectivity index (χ1v) is 14.4. The molecule has 1 saturated heterocycles. The molecule has 13 nitrogen and oxygen atoms in total. The van der Waals surface area contributed by atoms with E-state index >= 15 is 0 Å². The van der Waals surface area contributed by atoms with Crippen LogP contribution in [0, 0.1) is 20.2 Å². The Hall–Kier alpha value is -3.82. The maximum absolute atomic E-state index is 13.6. The first kappa shape index (κ1) is 28.2. The molecule has 0 spiro atoms. The molecule has 0 bridgehead atoms. The van der Waals surface area contributed by atoms with Gasteiger partial charge in [0, 0.05) is 55.8 Å². The number of hydrazone groups is 1. The Morgan fingerprint density at radius 2 is 1.97 bits per heavy atom. The average Bonchev–Trinajstić information content (AvgIpc) is 3.33. The van der Waals surface area contributed by atoms with Gasteiger partial charge >= 0.3 is 0 Å². The number of aromatic nitrogens is 2. The summed E-state index contributed by atoms with van der Waals surface area (Å²) in [5.74, 6) is 0. The lowest BCUT2D eigenvalue weighted by Crippen LogP contribution is -2.43. The van der Waals surface area contributed by atoms with E-state index in [1.54, 1.807) is 36.1 Å². The van der Waals surface area contributed by atoms with Crippen molar-refractivity contribution in [3.05, 3.63) is 74.6 Å². The molecule has 1 atom stereocenters. The van der Waals surface area contributed by atoms with E-state index < -0.39 is 19.9 Å². The number of hydrogen-bond acceptors (Lipinski definition) is 10. The van der Waals surface area contributed by atoms with Gasteiger partial charge in [0.2, 0.25) is 10.0 Å². The number of nitro groups is 2. The van der Waals surface area contributed by atoms with Crippen molar-refractivity contribution in [3.63, 3.8) is 0 Å². The van der Waals surface area contributed by atoms with Gasteiger partial charge in [-0.25, -0.2) is 13.4 Å². The van der Waals surface area contributed by atoms with Gasteiger partial charge in [0.25, 0.3) is 11.4 Å². The molecule has 39 heavy (non-hydrogen) atoms. The Kier molecular flexibility index (Phi) is 8.62. The van der Waals surface area contributed by atoms with Crippen LogP contribution in [0.2, 0.25) is 0 Å². The number of aryl methyl sites for hydroxylation is 1. The molecule has 1 fully saturated rings. The summed E-state index contributed by atoms with van der Waals surface area (Å²) in [6.45, 7) is 2.24. The molecule has 1 aliphatic heterocycles. The van der Waals surface area contributed by atoms with Crippen molar-refractivity contribution in [2.24, 2.45) is 12.1 Å². The topological polar surface area (TPSA) is 166 Å². The van der Waals surface area contributed by atoms with Crippen molar-refractivity contribution >= 4 is 45.1 Å². The van der Waals surface area contributed by atoms with E-state index in [9.17, 15) is 28.6 Å². The number of nitrogens with one attached hydrogen (secondary N) is 1. The number of sulfonamides is 1. The first-order valence-electron chi connectivity index (χ1n) is 12.1. The quantitative estimate of drug-likeness (QED) is 0.204. The summed E-state index contributed by atoms with van der Waals surface area (Å²) in [6.07, 6.45) is 7.62. The second kappa shape index (κ2) is 11.9. The van der Waals surface area contributed by atoms with E-state index in [2.05, 4.69) is 15.5 Å². The summed E-state index contributed by atoms with van der Waals surface area (Å²) >= 11 is 1.15. The van der Waals surface area contributed by atoms with Gasteiger partial charge in [-0.15, -0.1) is 0 Å². The van der Waals surface area contributed by atoms with Crippen molar-refractivity contribution in [2.75, 3.05) is 12.0 Å². The second-order valence-electron chi connectivity index (χ2n) is 8.89. The van der Waals surface area contributed by atoms with Crippen molar-refractivity contribution in [3.8, 4) is 0 Å². The number of nitro benzene ring substituents is 2. The lowest BCUT2D eigenvalue weighted by molar-refractivity contribution is -0.387. The molecule has 1 N–H and O–H groups in total. The summed E-state index contributed by atoms with van der Waals surface area (Å²) in [7, 11) is -2.28. The summed E-state index contributed by atoms with van der Waals surface area (Å²) in [4.78, 5) is 26.3. The number of nitrogens with zero attached hydrogens (tertiary/aromatic N) is 6. The minimum Gasteiger partial charge on any atom is -0.329 e. The SMILES string of the molecule is CC[C@@H]1CCCCN1S(=O)(=O)c1cc([N+](=O)[O-])ccc1N/N=C\c1ccc(Sc2nccn2C)c([N+](=O)[O-])c1. The van der Waals surface area contributed by atoms with E-state index in [0.717, 1.165) is 30.7 Å². The minimum atomic E-state index is -4.06. The van der Waals surface area contributed by atoms with E-state index in [4.69, 9.17) is 0 Å². The van der Waals surface area contributed by atoms with Crippen LogP contribution in [0.4, 0.5) is 17.1 Å². The summed E-state index contributed by atoms with van der Waals surface area (Å²) in [5.41, 5.74) is 2.63. The molecule has 0 saturated carbocycles. The molecule has 15 heteroatoms. The van der Waals surface area contributed by atoms with Crippen LogP contribution in [0.25, 0.3) is 0 Å². The normalized spacial score (nSPS) is 16.4. The Morgan fingerprint density at radius 1 is 1.18 bits per heavy atom. The third-order valence-electron chi connectivity index (χ3n) is 6.36. The van der Waals surface area contributed by atoms with Crippen LogP contribution in [0.15, 0.2) is 68.8 Å². The smallest absolute Gasteiger partial charge is 0.283 e. The van der Waals surface area contributed by atoms with Gasteiger partial charge in [-0.2, -0.15) is 9.41 Å². The molecule has 1 aromatic heterocycles. The third kappa shape index (κ3) is 6.26. The second-order valence-corrected chi connectivity index (χ2v) is 11.8. The standard InChI is InChI=1S/C24H27N7O6S2/c1-3-18-6-4-5-12-29(18)39(36,37)23-15-19(30(32)33)8-9-20(23)27-26-16-17-7-10-22(21(14-17)31(34)35)38-24-25-11-13-28(24)2/h7-11,13-16,18,27H,3-6,12H2,1-2H3/b26-16-/t18-/m1/s1. The molecule has 206 valence electrons. The molecule has 4 rings (SSSR count). The van der Waals surface area contributed by atoms with Crippen LogP contribution in [0.1, 0.15) is 38.2 Å². The highest BCUT2D eigenvalue weighted by Gasteiger charge is 2.35. The Balaban J connectivity index is 1.62. The molecule has 3 aromatic rings. The zero-order valence-corrected chi connectivity index (χ0v) is 22.9. The molecule has 1 aliphatic rings. The number of anilines is 1. The van der Waals surface area contributed by atoms with Gasteiger partial charge in [0.05, 0.1) is 26.6 Å². The van der Waals surface area contributed by atoms with Crippen LogP contribution in [-0.4, -0.2) is 50.9 Å². The summed E-state index contributed by atoms with van der Waals surface area (Å²) < 4.78 is 30.4. The zero-order valence-electron chi connectivity index (χ0n) is 21.3. The lowest BCUT2D eigenvalue weighted by Gasteiger charge is -2.34. The minimum absolute atomic E-state index is 0.0636. The van der Waals surface area contributed by atoms with Crippen LogP contribution >= 0.6 is 11.8 Å². The van der Waals surface area contributed by atoms with E-state index in [1.807, 2.05) is 6.92 Å². The van der Waals surface area contributed by atoms with Crippen LogP contribution in [0.5, 0.6) is 0 Å². The van der Waals surface area contributed by atoms with Gasteiger partial charge in [-0.3, -0.25) is 25.7 Å². The maximum Gasteiger partial charge on any atom is 0.283 e. The first-order chi connectivity index (χ1) is 18.6. The van der Waals surface area contributed by atoms with Crippen LogP contribution in [-0.2, 0) is 17.1 Å². The Bertz CT molecular complexity index is 1520. The van der Waals surface area contributed by atoms with Gasteiger partial charge in [-0.1, -0.05) is 19.4 Å². The van der Waals surface area contributed by atoms with Crippen molar-refractivity contribution in [1.29, 1.82) is 0 Å². The molecule has 0 amide bonds. The molecular formula is C24H27N7O6S2. The van der Waals surface area contributed by atoms with Crippen molar-refractivity contribution < 1.29 is 18.3 Å². The Morgan fingerprint density at radius 3 is 2.64 bits per heavy atom. The third-order valence-corrected chi connectivity index (χ3v) is 9.50. The Labute approximate surface area is 229 Å². The maximum atomic E-state index is 13.6. The van der Waals surface area contributed by atoms with Gasteiger partial charge in [-0.05, 0) is 43.2 Å². The number of non-ortho nitro benzene ring substituents is 1. The van der Waals surface area contributed by atoms with E-state index in [0.29, 0.717) is 35.0 Å². The monoisotopic (exact) mass is 573 g/mol. The number of rotatable bonds is 10. The lowest BCUT2D eigenvalue weighted by atomic mass is 10.0. The van der Waals surface area contributed by atoms with Crippen LogP contribution in [0.3, 0.4) is 0 Å². The predicted molar refractivity (Wildman–Crippen MR) is 147 cm³/mol. The van der Waals surface area contributed by atoms with Gasteiger partial charge in [0.15, 0.2) is 5.16 Å². The highest BCUT2D eigenvalue weighted by molar-refractivity contribution is 7.99. The van der Waals surface area contributed by atoms with Crippen molar-refractivity contribution in [2.45, 2.75) is 53.6 Å². The number of imidazole rings is 1. The molecule has 2 heterocycles. The summed E-state index contributed by atoms with van der Waals surface area (Å²) in [6, 6.07) is 7.90. The summed E-state index contributed by atoms with van der Waals surface area (Å²) in [5, 5.41) is 27.8. The van der Waals surface area contributed by atoms with Gasteiger partial charge in [0.1, 0.15) is 4.90 Å². The molecule has 0 aliphatic carbocycles. The highest BCUT2D eigenvalue weighted by Crippen LogP contribution is 2.35. The number of benzene rings is 2. The average molecular weight is 574 g/mol. The molecule has 0 radical (unpaired) electrons. The number of hydrogen-bond donors (Lipinski definition) is 1. The largest absolute Gasteiger partial charge is 0.329 e. The fraction of sp³-hybridized carbons (Fsp3) is 0.333. The van der Waals surface area contributed by atoms with E-state index in [1.165, 1.54) is 28.7 Å².